The number of hydrogen-bond donors (Lipinski definition) is 1. The van der Waals surface area contributed by atoms with Crippen LogP contribution in [-0.2, 0) is 0 Å². The predicted molar refractivity (Wildman–Crippen MR) is 71.7 cm³/mol. The summed E-state index contributed by atoms with van der Waals surface area (Å²) in [5.41, 5.74) is 2.18. The maximum Gasteiger partial charge on any atom is 0.230 e. The van der Waals surface area contributed by atoms with Gasteiger partial charge in [-0.1, -0.05) is 28.9 Å². The second-order valence-corrected chi connectivity index (χ2v) is 5.33. The molecule has 1 aliphatic carbocycles. The molecule has 100 valence electrons. The van der Waals surface area contributed by atoms with Gasteiger partial charge in [0.25, 0.3) is 0 Å². The Morgan fingerprint density at radius 3 is 2.74 bits per heavy atom. The molecule has 1 aromatic heterocycles. The Labute approximate surface area is 112 Å². The van der Waals surface area contributed by atoms with Crippen LogP contribution in [0, 0.1) is 6.92 Å². The van der Waals surface area contributed by atoms with Crippen LogP contribution in [0.25, 0.3) is 11.4 Å². The first kappa shape index (κ1) is 12.4. The molecule has 0 spiro atoms. The highest BCUT2D eigenvalue weighted by atomic mass is 16.5. The molecule has 0 amide bonds. The van der Waals surface area contributed by atoms with Crippen molar-refractivity contribution < 1.29 is 9.63 Å². The number of aliphatic hydroxyl groups excluding tert-OH is 1. The van der Waals surface area contributed by atoms with E-state index in [1.165, 1.54) is 5.56 Å². The topological polar surface area (TPSA) is 59.2 Å². The number of hydrogen-bond acceptors (Lipinski definition) is 4. The van der Waals surface area contributed by atoms with E-state index in [0.717, 1.165) is 31.2 Å². The van der Waals surface area contributed by atoms with Crippen molar-refractivity contribution in [1.29, 1.82) is 0 Å². The Morgan fingerprint density at radius 1 is 1.21 bits per heavy atom. The molecule has 1 heterocycles. The maximum atomic E-state index is 9.52. The number of rotatable bonds is 2. The van der Waals surface area contributed by atoms with E-state index in [-0.39, 0.29) is 6.10 Å². The van der Waals surface area contributed by atoms with Gasteiger partial charge in [0.05, 0.1) is 6.10 Å². The molecule has 0 aliphatic heterocycles. The van der Waals surface area contributed by atoms with Gasteiger partial charge in [-0.25, -0.2) is 0 Å². The summed E-state index contributed by atoms with van der Waals surface area (Å²) in [6.07, 6.45) is 3.35. The highest BCUT2D eigenvalue weighted by Crippen LogP contribution is 2.32. The Morgan fingerprint density at radius 2 is 2.00 bits per heavy atom. The van der Waals surface area contributed by atoms with Crippen molar-refractivity contribution in [2.75, 3.05) is 0 Å². The van der Waals surface area contributed by atoms with Gasteiger partial charge in [0.2, 0.25) is 11.7 Å². The average Bonchev–Trinajstić information content (AvgIpc) is 2.89. The number of aromatic nitrogens is 2. The van der Waals surface area contributed by atoms with Gasteiger partial charge in [-0.05, 0) is 38.7 Å². The third-order valence-corrected chi connectivity index (χ3v) is 3.76. The van der Waals surface area contributed by atoms with E-state index in [9.17, 15) is 5.11 Å². The van der Waals surface area contributed by atoms with Crippen LogP contribution in [0.1, 0.15) is 43.1 Å². The fourth-order valence-corrected chi connectivity index (χ4v) is 2.63. The second-order valence-electron chi connectivity index (χ2n) is 5.33. The largest absolute Gasteiger partial charge is 0.393 e. The zero-order valence-corrected chi connectivity index (χ0v) is 11.0. The summed E-state index contributed by atoms with van der Waals surface area (Å²) in [5, 5.41) is 13.6. The quantitative estimate of drug-likeness (QED) is 0.899. The lowest BCUT2D eigenvalue weighted by Crippen LogP contribution is -2.17. The van der Waals surface area contributed by atoms with Crippen molar-refractivity contribution in [2.24, 2.45) is 0 Å². The van der Waals surface area contributed by atoms with E-state index in [1.807, 2.05) is 25.1 Å². The van der Waals surface area contributed by atoms with Crippen LogP contribution >= 0.6 is 0 Å². The summed E-state index contributed by atoms with van der Waals surface area (Å²) in [6.45, 7) is 2.05. The smallest absolute Gasteiger partial charge is 0.230 e. The van der Waals surface area contributed by atoms with Gasteiger partial charge < -0.3 is 9.63 Å². The lowest BCUT2D eigenvalue weighted by molar-refractivity contribution is 0.116. The molecule has 3 rings (SSSR count). The summed E-state index contributed by atoms with van der Waals surface area (Å²) in [7, 11) is 0. The molecule has 4 nitrogen and oxygen atoms in total. The van der Waals surface area contributed by atoms with Crippen molar-refractivity contribution in [3.63, 3.8) is 0 Å². The fraction of sp³-hybridized carbons (Fsp3) is 0.467. The van der Waals surface area contributed by atoms with E-state index < -0.39 is 0 Å². The minimum absolute atomic E-state index is 0.157. The molecule has 1 aliphatic rings. The van der Waals surface area contributed by atoms with Gasteiger partial charge in [0.1, 0.15) is 0 Å². The molecule has 0 atom stereocenters. The molecule has 4 heteroatoms. The molecular formula is C15H18N2O2. The molecule has 19 heavy (non-hydrogen) atoms. The summed E-state index contributed by atoms with van der Waals surface area (Å²) >= 11 is 0. The normalized spacial score (nSPS) is 23.5. The molecule has 1 aromatic carbocycles. The Balaban J connectivity index is 1.80. The molecule has 1 N–H and O–H groups in total. The zero-order valence-electron chi connectivity index (χ0n) is 11.0. The summed E-state index contributed by atoms with van der Waals surface area (Å²) in [5.74, 6) is 1.67. The van der Waals surface area contributed by atoms with E-state index in [0.29, 0.717) is 17.6 Å². The molecule has 1 fully saturated rings. The molecule has 0 unspecified atom stereocenters. The van der Waals surface area contributed by atoms with Crippen LogP contribution in [0.5, 0.6) is 0 Å². The van der Waals surface area contributed by atoms with Crippen LogP contribution in [0.3, 0.4) is 0 Å². The van der Waals surface area contributed by atoms with Crippen molar-refractivity contribution in [3.8, 4) is 11.4 Å². The van der Waals surface area contributed by atoms with Crippen molar-refractivity contribution in [3.05, 3.63) is 35.7 Å². The third-order valence-electron chi connectivity index (χ3n) is 3.76. The first-order valence-corrected chi connectivity index (χ1v) is 6.81. The maximum absolute atomic E-state index is 9.52. The highest BCUT2D eigenvalue weighted by molar-refractivity contribution is 5.55. The van der Waals surface area contributed by atoms with Crippen molar-refractivity contribution >= 4 is 0 Å². The SMILES string of the molecule is Cc1cccc(-c2noc(C3CCC(O)CC3)n2)c1. The van der Waals surface area contributed by atoms with Crippen LogP contribution in [0.15, 0.2) is 28.8 Å². The molecule has 1 saturated carbocycles. The van der Waals surface area contributed by atoms with Crippen molar-refractivity contribution in [1.82, 2.24) is 10.1 Å². The molecule has 2 aromatic rings. The number of aliphatic hydroxyl groups is 1. The van der Waals surface area contributed by atoms with Crippen LogP contribution in [-0.4, -0.2) is 21.4 Å². The lowest BCUT2D eigenvalue weighted by atomic mass is 9.87. The Hall–Kier alpha value is -1.68. The first-order valence-electron chi connectivity index (χ1n) is 6.81. The Bertz CT molecular complexity index is 557. The van der Waals surface area contributed by atoms with E-state index in [2.05, 4.69) is 16.2 Å². The van der Waals surface area contributed by atoms with Gasteiger partial charge in [0, 0.05) is 11.5 Å². The summed E-state index contributed by atoms with van der Waals surface area (Å²) < 4.78 is 5.39. The Kier molecular flexibility index (Phi) is 3.34. The highest BCUT2D eigenvalue weighted by Gasteiger charge is 2.25. The number of benzene rings is 1. The molecule has 0 radical (unpaired) electrons. The van der Waals surface area contributed by atoms with Crippen LogP contribution < -0.4 is 0 Å². The van der Waals surface area contributed by atoms with Crippen LogP contribution in [0.4, 0.5) is 0 Å². The van der Waals surface area contributed by atoms with Crippen molar-refractivity contribution in [2.45, 2.75) is 44.6 Å². The van der Waals surface area contributed by atoms with Gasteiger partial charge in [-0.3, -0.25) is 0 Å². The van der Waals surface area contributed by atoms with E-state index >= 15 is 0 Å². The zero-order chi connectivity index (χ0) is 13.2. The van der Waals surface area contributed by atoms with Gasteiger partial charge in [-0.2, -0.15) is 4.98 Å². The minimum Gasteiger partial charge on any atom is -0.393 e. The number of nitrogens with zero attached hydrogens (tertiary/aromatic N) is 2. The second kappa shape index (κ2) is 5.13. The molecular weight excluding hydrogens is 240 g/mol. The standard InChI is InChI=1S/C15H18N2O2/c1-10-3-2-4-12(9-10)14-16-15(19-17-14)11-5-7-13(18)8-6-11/h2-4,9,11,13,18H,5-8H2,1H3. The lowest BCUT2D eigenvalue weighted by Gasteiger charge is -2.22. The minimum atomic E-state index is -0.157. The van der Waals surface area contributed by atoms with Crippen LogP contribution in [0.2, 0.25) is 0 Å². The van der Waals surface area contributed by atoms with Gasteiger partial charge >= 0.3 is 0 Å². The predicted octanol–water partition coefficient (Wildman–Crippen LogP) is 3.06. The van der Waals surface area contributed by atoms with Gasteiger partial charge in [-0.15, -0.1) is 0 Å². The van der Waals surface area contributed by atoms with E-state index in [1.54, 1.807) is 0 Å². The molecule has 0 saturated heterocycles. The third kappa shape index (κ3) is 2.68. The van der Waals surface area contributed by atoms with E-state index in [4.69, 9.17) is 4.52 Å². The van der Waals surface area contributed by atoms with Gasteiger partial charge in [0.15, 0.2) is 0 Å². The first-order chi connectivity index (χ1) is 9.22. The summed E-state index contributed by atoms with van der Waals surface area (Å²) in [4.78, 5) is 4.51. The molecule has 0 bridgehead atoms. The monoisotopic (exact) mass is 258 g/mol. The average molecular weight is 258 g/mol. The summed E-state index contributed by atoms with van der Waals surface area (Å²) in [6, 6.07) is 8.09. The number of aryl methyl sites for hydroxylation is 1. The fourth-order valence-electron chi connectivity index (χ4n) is 2.63.